The van der Waals surface area contributed by atoms with E-state index in [2.05, 4.69) is 40.1 Å². The number of carbonyl (C=O) groups is 1. The Kier molecular flexibility index (Phi) is 6.58. The second-order valence-electron chi connectivity index (χ2n) is 6.61. The molecule has 28 heavy (non-hydrogen) atoms. The number of nitrogens with one attached hydrogen (secondary N) is 2. The summed E-state index contributed by atoms with van der Waals surface area (Å²) in [5.74, 6) is -0.173. The number of hydrazone groups is 1. The maximum absolute atomic E-state index is 12.1. The molecule has 0 aliphatic rings. The summed E-state index contributed by atoms with van der Waals surface area (Å²) in [5.41, 5.74) is 8.92. The molecule has 3 rings (SSSR count). The highest BCUT2D eigenvalue weighted by molar-refractivity contribution is 6.01. The molecular weight excluding hydrogens is 346 g/mol. The third-order valence-electron chi connectivity index (χ3n) is 4.45. The number of nitrogens with zero attached hydrogens (tertiary/aromatic N) is 1. The summed E-state index contributed by atoms with van der Waals surface area (Å²) in [6, 6.07) is 26.4. The van der Waals surface area contributed by atoms with Crippen molar-refractivity contribution in [3.8, 4) is 11.1 Å². The van der Waals surface area contributed by atoms with E-state index in [0.717, 1.165) is 34.5 Å². The maximum atomic E-state index is 12.1. The lowest BCUT2D eigenvalue weighted by Crippen LogP contribution is -2.27. The van der Waals surface area contributed by atoms with Crippen molar-refractivity contribution < 1.29 is 4.79 Å². The van der Waals surface area contributed by atoms with Gasteiger partial charge in [-0.1, -0.05) is 73.7 Å². The molecule has 0 fully saturated rings. The highest BCUT2D eigenvalue weighted by atomic mass is 16.2. The number of benzene rings is 3. The molecule has 2 N–H and O–H groups in total. The average Bonchev–Trinajstić information content (AvgIpc) is 2.74. The van der Waals surface area contributed by atoms with Gasteiger partial charge >= 0.3 is 0 Å². The Hall–Kier alpha value is -3.40. The smallest absolute Gasteiger partial charge is 0.259 e. The van der Waals surface area contributed by atoms with Crippen LogP contribution < -0.4 is 10.7 Å². The third-order valence-corrected chi connectivity index (χ3v) is 4.45. The monoisotopic (exact) mass is 371 g/mol. The first-order chi connectivity index (χ1) is 13.7. The van der Waals surface area contributed by atoms with Crippen LogP contribution in [-0.2, 0) is 4.79 Å². The molecule has 0 heterocycles. The standard InChI is InChI=1S/C24H25N3O/c1-3-23(21-14-12-20(13-15-21)19-9-5-4-6-10-19)26-27-24(28)17-25-22-11-7-8-18(2)16-22/h4-16,25H,3,17H2,1-2H3,(H,27,28)/b26-23+. The molecule has 3 aromatic carbocycles. The van der Waals surface area contributed by atoms with Crippen molar-refractivity contribution in [3.05, 3.63) is 90.0 Å². The molecule has 0 bridgehead atoms. The first-order valence-corrected chi connectivity index (χ1v) is 9.47. The Morgan fingerprint density at radius 2 is 1.61 bits per heavy atom. The summed E-state index contributed by atoms with van der Waals surface area (Å²) in [5, 5.41) is 7.43. The van der Waals surface area contributed by atoms with Crippen LogP contribution in [0.2, 0.25) is 0 Å². The predicted octanol–water partition coefficient (Wildman–Crippen LogP) is 5.00. The van der Waals surface area contributed by atoms with Crippen molar-refractivity contribution in [1.82, 2.24) is 5.43 Å². The number of hydrogen-bond acceptors (Lipinski definition) is 3. The summed E-state index contributed by atoms with van der Waals surface area (Å²) in [6.07, 6.45) is 0.732. The van der Waals surface area contributed by atoms with Crippen molar-refractivity contribution in [2.75, 3.05) is 11.9 Å². The van der Waals surface area contributed by atoms with Gasteiger partial charge in [0.15, 0.2) is 0 Å². The lowest BCUT2D eigenvalue weighted by atomic mass is 10.0. The first-order valence-electron chi connectivity index (χ1n) is 9.47. The molecule has 0 spiro atoms. The molecule has 0 unspecified atom stereocenters. The average molecular weight is 371 g/mol. The van der Waals surface area contributed by atoms with Gasteiger partial charge in [-0.2, -0.15) is 5.10 Å². The number of hydrogen-bond donors (Lipinski definition) is 2. The Morgan fingerprint density at radius 3 is 2.29 bits per heavy atom. The van der Waals surface area contributed by atoms with Crippen LogP contribution in [0.4, 0.5) is 5.69 Å². The van der Waals surface area contributed by atoms with Crippen molar-refractivity contribution >= 4 is 17.3 Å². The zero-order chi connectivity index (χ0) is 19.8. The van der Waals surface area contributed by atoms with Crippen molar-refractivity contribution in [3.63, 3.8) is 0 Å². The molecule has 1 amide bonds. The molecule has 4 nitrogen and oxygen atoms in total. The Balaban J connectivity index is 1.60. The third kappa shape index (κ3) is 5.30. The second kappa shape index (κ2) is 9.51. The van der Waals surface area contributed by atoms with Gasteiger partial charge in [-0.3, -0.25) is 4.79 Å². The highest BCUT2D eigenvalue weighted by Gasteiger charge is 2.05. The van der Waals surface area contributed by atoms with Gasteiger partial charge in [-0.15, -0.1) is 0 Å². The van der Waals surface area contributed by atoms with E-state index in [1.807, 2.05) is 68.4 Å². The van der Waals surface area contributed by atoms with Gasteiger partial charge in [-0.05, 0) is 47.7 Å². The Labute approximate surface area is 166 Å². The highest BCUT2D eigenvalue weighted by Crippen LogP contribution is 2.19. The van der Waals surface area contributed by atoms with Gasteiger partial charge in [0.1, 0.15) is 0 Å². The van der Waals surface area contributed by atoms with Gasteiger partial charge < -0.3 is 5.32 Å². The number of rotatable bonds is 7. The molecular formula is C24H25N3O. The zero-order valence-corrected chi connectivity index (χ0v) is 16.3. The molecule has 0 aromatic heterocycles. The summed E-state index contributed by atoms with van der Waals surface area (Å²) in [4.78, 5) is 12.1. The molecule has 4 heteroatoms. The van der Waals surface area contributed by atoms with Gasteiger partial charge in [-0.25, -0.2) is 5.43 Å². The second-order valence-corrected chi connectivity index (χ2v) is 6.61. The lowest BCUT2D eigenvalue weighted by Gasteiger charge is -2.08. The molecule has 0 saturated carbocycles. The van der Waals surface area contributed by atoms with Gasteiger partial charge in [0.2, 0.25) is 0 Å². The van der Waals surface area contributed by atoms with Crippen LogP contribution in [0.15, 0.2) is 84.0 Å². The quantitative estimate of drug-likeness (QED) is 0.453. The number of carbonyl (C=O) groups excluding carboxylic acids is 1. The largest absolute Gasteiger partial charge is 0.376 e. The Bertz CT molecular complexity index is 947. The van der Waals surface area contributed by atoms with E-state index in [9.17, 15) is 4.79 Å². The van der Waals surface area contributed by atoms with Crippen LogP contribution in [0, 0.1) is 6.92 Å². The van der Waals surface area contributed by atoms with Crippen LogP contribution in [0.3, 0.4) is 0 Å². The number of aryl methyl sites for hydroxylation is 1. The van der Waals surface area contributed by atoms with Crippen LogP contribution in [0.25, 0.3) is 11.1 Å². The van der Waals surface area contributed by atoms with Gasteiger partial charge in [0.25, 0.3) is 5.91 Å². The van der Waals surface area contributed by atoms with Crippen molar-refractivity contribution in [2.45, 2.75) is 20.3 Å². The summed E-state index contributed by atoms with van der Waals surface area (Å²) in [6.45, 7) is 4.23. The first kappa shape index (κ1) is 19.4. The molecule has 0 radical (unpaired) electrons. The van der Waals surface area contributed by atoms with E-state index in [-0.39, 0.29) is 12.5 Å². The minimum Gasteiger partial charge on any atom is -0.376 e. The normalized spacial score (nSPS) is 11.1. The maximum Gasteiger partial charge on any atom is 0.259 e. The fraction of sp³-hybridized carbons (Fsp3) is 0.167. The van der Waals surface area contributed by atoms with Gasteiger partial charge in [0.05, 0.1) is 12.3 Å². The van der Waals surface area contributed by atoms with E-state index < -0.39 is 0 Å². The molecule has 0 atom stereocenters. The minimum atomic E-state index is -0.173. The number of amides is 1. The number of anilines is 1. The topological polar surface area (TPSA) is 53.5 Å². The van der Waals surface area contributed by atoms with E-state index in [0.29, 0.717) is 0 Å². The molecule has 0 saturated heterocycles. The fourth-order valence-electron chi connectivity index (χ4n) is 2.94. The fourth-order valence-corrected chi connectivity index (χ4v) is 2.94. The molecule has 0 aliphatic heterocycles. The van der Waals surface area contributed by atoms with E-state index in [4.69, 9.17) is 0 Å². The summed E-state index contributed by atoms with van der Waals surface area (Å²) < 4.78 is 0. The summed E-state index contributed by atoms with van der Waals surface area (Å²) in [7, 11) is 0. The van der Waals surface area contributed by atoms with E-state index in [1.54, 1.807) is 0 Å². The SMILES string of the molecule is CC/C(=N\NC(=O)CNc1cccc(C)c1)c1ccc(-c2ccccc2)cc1. The van der Waals surface area contributed by atoms with Crippen LogP contribution in [-0.4, -0.2) is 18.2 Å². The van der Waals surface area contributed by atoms with Crippen molar-refractivity contribution in [2.24, 2.45) is 5.10 Å². The summed E-state index contributed by atoms with van der Waals surface area (Å²) >= 11 is 0. The zero-order valence-electron chi connectivity index (χ0n) is 16.3. The molecule has 0 aliphatic carbocycles. The van der Waals surface area contributed by atoms with E-state index in [1.165, 1.54) is 5.56 Å². The molecule has 142 valence electrons. The lowest BCUT2D eigenvalue weighted by molar-refractivity contribution is -0.119. The predicted molar refractivity (Wildman–Crippen MR) is 117 cm³/mol. The van der Waals surface area contributed by atoms with Gasteiger partial charge in [0, 0.05) is 5.69 Å². The van der Waals surface area contributed by atoms with Crippen LogP contribution in [0.5, 0.6) is 0 Å². The van der Waals surface area contributed by atoms with E-state index >= 15 is 0 Å². The van der Waals surface area contributed by atoms with Crippen LogP contribution in [0.1, 0.15) is 24.5 Å². The van der Waals surface area contributed by atoms with Crippen molar-refractivity contribution in [1.29, 1.82) is 0 Å². The van der Waals surface area contributed by atoms with Crippen LogP contribution >= 0.6 is 0 Å². The Morgan fingerprint density at radius 1 is 0.893 bits per heavy atom. The minimum absolute atomic E-state index is 0.173. The molecule has 3 aromatic rings.